The van der Waals surface area contributed by atoms with E-state index in [9.17, 15) is 9.18 Å². The first kappa shape index (κ1) is 14.6. The number of hydrogen-bond acceptors (Lipinski definition) is 2. The zero-order chi connectivity index (χ0) is 13.5. The van der Waals surface area contributed by atoms with Crippen LogP contribution in [0, 0.1) is 5.82 Å². The quantitative estimate of drug-likeness (QED) is 0.815. The molecule has 3 N–H and O–H groups in total. The van der Waals surface area contributed by atoms with Crippen LogP contribution in [-0.2, 0) is 4.79 Å². The first-order valence-corrected chi connectivity index (χ1v) is 6.35. The van der Waals surface area contributed by atoms with Gasteiger partial charge in [0.1, 0.15) is 5.82 Å². The molecule has 3 nitrogen and oxygen atoms in total. The molecule has 0 saturated carbocycles. The van der Waals surface area contributed by atoms with E-state index >= 15 is 0 Å². The molecule has 0 aliphatic rings. The molecule has 0 saturated heterocycles. The van der Waals surface area contributed by atoms with Gasteiger partial charge in [-0.05, 0) is 32.4 Å². The van der Waals surface area contributed by atoms with Crippen molar-refractivity contribution < 1.29 is 9.18 Å². The minimum atomic E-state index is -0.509. The molecular weight excluding hydrogens is 231 g/mol. The van der Waals surface area contributed by atoms with Crippen LogP contribution in [0.15, 0.2) is 24.3 Å². The Bertz CT molecular complexity index is 395. The maximum absolute atomic E-state index is 13.7. The van der Waals surface area contributed by atoms with Crippen molar-refractivity contribution in [3.8, 4) is 0 Å². The second kappa shape index (κ2) is 7.11. The van der Waals surface area contributed by atoms with Gasteiger partial charge in [-0.15, -0.1) is 0 Å². The second-order valence-corrected chi connectivity index (χ2v) is 4.47. The summed E-state index contributed by atoms with van der Waals surface area (Å²) in [5.41, 5.74) is 5.94. The van der Waals surface area contributed by atoms with Crippen LogP contribution in [0.25, 0.3) is 0 Å². The third kappa shape index (κ3) is 3.81. The Kier molecular flexibility index (Phi) is 5.78. The average molecular weight is 252 g/mol. The summed E-state index contributed by atoms with van der Waals surface area (Å²) < 4.78 is 13.7. The molecule has 2 unspecified atom stereocenters. The highest BCUT2D eigenvalue weighted by atomic mass is 19.1. The van der Waals surface area contributed by atoms with Crippen molar-refractivity contribution in [2.24, 2.45) is 5.73 Å². The predicted octanol–water partition coefficient (Wildman–Crippen LogP) is 2.17. The van der Waals surface area contributed by atoms with Crippen LogP contribution < -0.4 is 11.1 Å². The number of halogens is 1. The molecule has 4 heteroatoms. The molecule has 1 aromatic carbocycles. The summed E-state index contributed by atoms with van der Waals surface area (Å²) in [5, 5.41) is 2.88. The third-order valence-corrected chi connectivity index (χ3v) is 3.05. The minimum Gasteiger partial charge on any atom is -0.353 e. The van der Waals surface area contributed by atoms with Gasteiger partial charge in [-0.1, -0.05) is 25.1 Å². The van der Waals surface area contributed by atoms with Crippen molar-refractivity contribution in [1.82, 2.24) is 5.32 Å². The smallest absolute Gasteiger partial charge is 0.227 e. The van der Waals surface area contributed by atoms with Crippen molar-refractivity contribution in [3.63, 3.8) is 0 Å². The first-order valence-electron chi connectivity index (χ1n) is 6.35. The number of hydrogen-bond donors (Lipinski definition) is 2. The van der Waals surface area contributed by atoms with Gasteiger partial charge in [0.05, 0.1) is 5.92 Å². The zero-order valence-electron chi connectivity index (χ0n) is 10.9. The number of nitrogens with two attached hydrogens (primary N) is 1. The number of rotatable bonds is 6. The van der Waals surface area contributed by atoms with Crippen LogP contribution in [0.5, 0.6) is 0 Å². The van der Waals surface area contributed by atoms with Crippen molar-refractivity contribution >= 4 is 5.91 Å². The summed E-state index contributed by atoms with van der Waals surface area (Å²) in [7, 11) is 0. The minimum absolute atomic E-state index is 0.0875. The van der Waals surface area contributed by atoms with Crippen molar-refractivity contribution in [2.45, 2.75) is 38.6 Å². The topological polar surface area (TPSA) is 55.1 Å². The number of carbonyl (C=O) groups excluding carboxylic acids is 1. The highest BCUT2D eigenvalue weighted by Gasteiger charge is 2.23. The largest absolute Gasteiger partial charge is 0.353 e. The first-order chi connectivity index (χ1) is 8.60. The molecule has 0 aliphatic carbocycles. The fraction of sp³-hybridized carbons (Fsp3) is 0.500. The van der Waals surface area contributed by atoms with E-state index in [0.717, 1.165) is 6.42 Å². The predicted molar refractivity (Wildman–Crippen MR) is 70.7 cm³/mol. The molecule has 0 bridgehead atoms. The molecule has 1 rings (SSSR count). The van der Waals surface area contributed by atoms with Gasteiger partial charge in [-0.25, -0.2) is 4.39 Å². The Morgan fingerprint density at radius 1 is 1.44 bits per heavy atom. The molecule has 0 spiro atoms. The van der Waals surface area contributed by atoms with Crippen LogP contribution in [0.4, 0.5) is 4.39 Å². The monoisotopic (exact) mass is 252 g/mol. The molecule has 0 aromatic heterocycles. The van der Waals surface area contributed by atoms with E-state index in [1.54, 1.807) is 18.2 Å². The summed E-state index contributed by atoms with van der Waals surface area (Å²) >= 11 is 0. The maximum atomic E-state index is 13.7. The van der Waals surface area contributed by atoms with Gasteiger partial charge < -0.3 is 11.1 Å². The molecule has 1 amide bonds. The lowest BCUT2D eigenvalue weighted by molar-refractivity contribution is -0.123. The van der Waals surface area contributed by atoms with E-state index in [1.807, 2.05) is 13.8 Å². The Balaban J connectivity index is 2.89. The molecule has 0 aliphatic heterocycles. The van der Waals surface area contributed by atoms with Crippen LogP contribution >= 0.6 is 0 Å². The molecule has 18 heavy (non-hydrogen) atoms. The van der Waals surface area contributed by atoms with Gasteiger partial charge in [0.2, 0.25) is 5.91 Å². The Hall–Kier alpha value is -1.42. The van der Waals surface area contributed by atoms with E-state index in [0.29, 0.717) is 18.5 Å². The molecule has 1 aromatic rings. The van der Waals surface area contributed by atoms with E-state index in [-0.39, 0.29) is 17.8 Å². The van der Waals surface area contributed by atoms with Crippen LogP contribution in [0.1, 0.15) is 38.2 Å². The Morgan fingerprint density at radius 2 is 2.11 bits per heavy atom. The summed E-state index contributed by atoms with van der Waals surface area (Å²) in [4.78, 5) is 12.1. The van der Waals surface area contributed by atoms with Crippen molar-refractivity contribution in [2.75, 3.05) is 6.54 Å². The molecule has 2 atom stereocenters. The standard InChI is InChI=1S/C14H21FN2O/c1-3-10(2)17-14(18)12(8-9-16)11-6-4-5-7-13(11)15/h4-7,10,12H,3,8-9,16H2,1-2H3,(H,17,18). The summed E-state index contributed by atoms with van der Waals surface area (Å²) in [6, 6.07) is 6.45. The van der Waals surface area contributed by atoms with Gasteiger partial charge in [-0.3, -0.25) is 4.79 Å². The normalized spacial score (nSPS) is 14.0. The van der Waals surface area contributed by atoms with Crippen LogP contribution in [0.3, 0.4) is 0 Å². The molecule has 0 fully saturated rings. The fourth-order valence-corrected chi connectivity index (χ4v) is 1.80. The summed E-state index contributed by atoms with van der Waals surface area (Å²) in [6.45, 7) is 4.28. The summed E-state index contributed by atoms with van der Waals surface area (Å²) in [5.74, 6) is -1.01. The lowest BCUT2D eigenvalue weighted by Gasteiger charge is -2.20. The van der Waals surface area contributed by atoms with Crippen LogP contribution in [-0.4, -0.2) is 18.5 Å². The van der Waals surface area contributed by atoms with Gasteiger partial charge in [0, 0.05) is 11.6 Å². The highest BCUT2D eigenvalue weighted by Crippen LogP contribution is 2.22. The second-order valence-electron chi connectivity index (χ2n) is 4.47. The zero-order valence-corrected chi connectivity index (χ0v) is 10.9. The Labute approximate surface area is 108 Å². The highest BCUT2D eigenvalue weighted by molar-refractivity contribution is 5.83. The van der Waals surface area contributed by atoms with E-state index in [4.69, 9.17) is 5.73 Å². The van der Waals surface area contributed by atoms with Crippen LogP contribution in [0.2, 0.25) is 0 Å². The van der Waals surface area contributed by atoms with Crippen molar-refractivity contribution in [3.05, 3.63) is 35.6 Å². The van der Waals surface area contributed by atoms with Gasteiger partial charge in [-0.2, -0.15) is 0 Å². The maximum Gasteiger partial charge on any atom is 0.227 e. The molecular formula is C14H21FN2O. The van der Waals surface area contributed by atoms with Crippen molar-refractivity contribution in [1.29, 1.82) is 0 Å². The number of benzene rings is 1. The van der Waals surface area contributed by atoms with Gasteiger partial charge in [0.15, 0.2) is 0 Å². The van der Waals surface area contributed by atoms with E-state index < -0.39 is 5.92 Å². The average Bonchev–Trinajstić information content (AvgIpc) is 2.36. The fourth-order valence-electron chi connectivity index (χ4n) is 1.80. The van der Waals surface area contributed by atoms with E-state index in [2.05, 4.69) is 5.32 Å². The SMILES string of the molecule is CCC(C)NC(=O)C(CCN)c1ccccc1F. The number of amides is 1. The third-order valence-electron chi connectivity index (χ3n) is 3.05. The lowest BCUT2D eigenvalue weighted by atomic mass is 9.94. The van der Waals surface area contributed by atoms with Gasteiger partial charge in [0.25, 0.3) is 0 Å². The number of nitrogens with one attached hydrogen (secondary N) is 1. The van der Waals surface area contributed by atoms with E-state index in [1.165, 1.54) is 6.07 Å². The lowest BCUT2D eigenvalue weighted by Crippen LogP contribution is -2.36. The molecule has 0 heterocycles. The Morgan fingerprint density at radius 3 is 2.67 bits per heavy atom. The number of carbonyl (C=O) groups is 1. The molecule has 0 radical (unpaired) electrons. The molecule has 100 valence electrons. The summed E-state index contributed by atoms with van der Waals surface area (Å²) in [6.07, 6.45) is 1.29. The van der Waals surface area contributed by atoms with Gasteiger partial charge >= 0.3 is 0 Å².